The van der Waals surface area contributed by atoms with Crippen LogP contribution in [-0.4, -0.2) is 34.0 Å². The van der Waals surface area contributed by atoms with Gasteiger partial charge in [0.1, 0.15) is 0 Å². The van der Waals surface area contributed by atoms with Crippen molar-refractivity contribution in [2.24, 2.45) is 0 Å². The van der Waals surface area contributed by atoms with Crippen LogP contribution in [0.3, 0.4) is 0 Å². The molecule has 1 aliphatic heterocycles. The van der Waals surface area contributed by atoms with Crippen molar-refractivity contribution in [3.63, 3.8) is 0 Å². The number of hydrogen-bond donors (Lipinski definition) is 0. The van der Waals surface area contributed by atoms with E-state index < -0.39 is 0 Å². The highest BCUT2D eigenvalue weighted by Crippen LogP contribution is 2.26. The van der Waals surface area contributed by atoms with E-state index in [0.29, 0.717) is 35.9 Å². The van der Waals surface area contributed by atoms with Gasteiger partial charge >= 0.3 is 0 Å². The summed E-state index contributed by atoms with van der Waals surface area (Å²) in [4.78, 5) is 18.7. The Bertz CT molecular complexity index is 732. The highest BCUT2D eigenvalue weighted by atomic mass is 16.5. The molecule has 2 heterocycles. The van der Waals surface area contributed by atoms with Gasteiger partial charge in [-0.05, 0) is 38.0 Å². The van der Waals surface area contributed by atoms with Gasteiger partial charge in [-0.25, -0.2) is 0 Å². The van der Waals surface area contributed by atoms with Gasteiger partial charge in [0.2, 0.25) is 5.89 Å². The van der Waals surface area contributed by atoms with Crippen LogP contribution in [0.2, 0.25) is 0 Å². The van der Waals surface area contributed by atoms with Gasteiger partial charge in [0.05, 0.1) is 17.6 Å². The molecule has 3 rings (SSSR count). The summed E-state index contributed by atoms with van der Waals surface area (Å²) in [6, 6.07) is 8.85. The number of carbonyl (C=O) groups is 1. The van der Waals surface area contributed by atoms with E-state index >= 15 is 0 Å². The Balaban J connectivity index is 1.76. The van der Waals surface area contributed by atoms with Crippen molar-refractivity contribution in [3.8, 4) is 6.07 Å². The van der Waals surface area contributed by atoms with Crippen LogP contribution < -0.4 is 0 Å². The fourth-order valence-electron chi connectivity index (χ4n) is 2.75. The molecular formula is C16H16N4O2. The maximum absolute atomic E-state index is 12.6. The van der Waals surface area contributed by atoms with E-state index in [1.807, 2.05) is 0 Å². The molecule has 1 saturated heterocycles. The Kier molecular flexibility index (Phi) is 3.88. The van der Waals surface area contributed by atoms with Crippen LogP contribution in [0.15, 0.2) is 28.8 Å². The molecule has 112 valence electrons. The number of nitriles is 1. The Hall–Kier alpha value is -2.68. The Morgan fingerprint density at radius 3 is 3.09 bits per heavy atom. The fraction of sp³-hybridized carbons (Fsp3) is 0.375. The number of hydrogen-bond acceptors (Lipinski definition) is 5. The van der Waals surface area contributed by atoms with E-state index in [1.54, 1.807) is 36.1 Å². The first-order valence-electron chi connectivity index (χ1n) is 7.27. The summed E-state index contributed by atoms with van der Waals surface area (Å²) in [5.74, 6) is 1.23. The van der Waals surface area contributed by atoms with Crippen molar-refractivity contribution in [1.82, 2.24) is 15.0 Å². The molecule has 0 N–H and O–H groups in total. The quantitative estimate of drug-likeness (QED) is 0.849. The average Bonchev–Trinajstić information content (AvgIpc) is 3.01. The molecule has 0 spiro atoms. The van der Waals surface area contributed by atoms with E-state index in [2.05, 4.69) is 16.2 Å². The van der Waals surface area contributed by atoms with E-state index in [9.17, 15) is 4.79 Å². The molecule has 0 aliphatic carbocycles. The van der Waals surface area contributed by atoms with Crippen LogP contribution in [0.1, 0.15) is 46.4 Å². The van der Waals surface area contributed by atoms with Crippen LogP contribution in [0.4, 0.5) is 0 Å². The summed E-state index contributed by atoms with van der Waals surface area (Å²) in [6.07, 6.45) is 1.83. The van der Waals surface area contributed by atoms with Gasteiger partial charge < -0.3 is 9.42 Å². The molecule has 22 heavy (non-hydrogen) atoms. The monoisotopic (exact) mass is 296 g/mol. The molecule has 0 radical (unpaired) electrons. The van der Waals surface area contributed by atoms with Crippen LogP contribution in [0.5, 0.6) is 0 Å². The predicted molar refractivity (Wildman–Crippen MR) is 78.1 cm³/mol. The van der Waals surface area contributed by atoms with Crippen LogP contribution in [0.25, 0.3) is 0 Å². The van der Waals surface area contributed by atoms with Crippen LogP contribution >= 0.6 is 0 Å². The fourth-order valence-corrected chi connectivity index (χ4v) is 2.75. The zero-order valence-corrected chi connectivity index (χ0v) is 12.3. The van der Waals surface area contributed by atoms with Gasteiger partial charge in [-0.15, -0.1) is 0 Å². The molecule has 2 aromatic rings. The first-order valence-corrected chi connectivity index (χ1v) is 7.27. The van der Waals surface area contributed by atoms with Gasteiger partial charge in [0, 0.05) is 18.7 Å². The zero-order valence-electron chi connectivity index (χ0n) is 12.3. The lowest BCUT2D eigenvalue weighted by Crippen LogP contribution is -2.39. The standard InChI is InChI=1S/C16H16N4O2/c1-11-18-15(22-19-11)14-6-3-7-20(10-14)16(21)13-5-2-4-12(8-13)9-17/h2,4-5,8,14H,3,6-7,10H2,1H3/t14-/m1/s1. The Morgan fingerprint density at radius 1 is 1.50 bits per heavy atom. The number of piperidine rings is 1. The SMILES string of the molecule is Cc1noc([C@@H]2CCCN(C(=O)c3cccc(C#N)c3)C2)n1. The number of benzene rings is 1. The highest BCUT2D eigenvalue weighted by molar-refractivity contribution is 5.94. The maximum atomic E-state index is 12.6. The largest absolute Gasteiger partial charge is 0.339 e. The third-order valence-electron chi connectivity index (χ3n) is 3.84. The molecule has 6 nitrogen and oxygen atoms in total. The van der Waals surface area contributed by atoms with Crippen LogP contribution in [-0.2, 0) is 0 Å². The Labute approximate surface area is 128 Å². The Morgan fingerprint density at radius 2 is 2.36 bits per heavy atom. The molecular weight excluding hydrogens is 280 g/mol. The number of aromatic nitrogens is 2. The lowest BCUT2D eigenvalue weighted by atomic mass is 9.97. The minimum Gasteiger partial charge on any atom is -0.339 e. The van der Waals surface area contributed by atoms with Crippen molar-refractivity contribution in [2.75, 3.05) is 13.1 Å². The average molecular weight is 296 g/mol. The second-order valence-electron chi connectivity index (χ2n) is 5.46. The first kappa shape index (κ1) is 14.3. The summed E-state index contributed by atoms with van der Waals surface area (Å²) in [7, 11) is 0. The van der Waals surface area contributed by atoms with E-state index in [0.717, 1.165) is 12.8 Å². The van der Waals surface area contributed by atoms with Gasteiger partial charge in [-0.1, -0.05) is 11.2 Å². The van der Waals surface area contributed by atoms with Crippen molar-refractivity contribution < 1.29 is 9.32 Å². The number of rotatable bonds is 2. The van der Waals surface area contributed by atoms with Crippen molar-refractivity contribution in [3.05, 3.63) is 47.1 Å². The lowest BCUT2D eigenvalue weighted by molar-refractivity contribution is 0.0695. The zero-order chi connectivity index (χ0) is 15.5. The smallest absolute Gasteiger partial charge is 0.253 e. The number of aryl methyl sites for hydroxylation is 1. The minimum absolute atomic E-state index is 0.0574. The number of likely N-dealkylation sites (tertiary alicyclic amines) is 1. The topological polar surface area (TPSA) is 83.0 Å². The predicted octanol–water partition coefficient (Wildman–Crippen LogP) is 2.27. The third kappa shape index (κ3) is 2.84. The van der Waals surface area contributed by atoms with E-state index in [1.165, 1.54) is 0 Å². The molecule has 0 bridgehead atoms. The molecule has 1 atom stereocenters. The molecule has 6 heteroatoms. The van der Waals surface area contributed by atoms with Gasteiger partial charge in [-0.2, -0.15) is 10.2 Å². The highest BCUT2D eigenvalue weighted by Gasteiger charge is 2.28. The minimum atomic E-state index is -0.0574. The molecule has 0 unspecified atom stereocenters. The summed E-state index contributed by atoms with van der Waals surface area (Å²) in [6.45, 7) is 3.06. The third-order valence-corrected chi connectivity index (χ3v) is 3.84. The lowest BCUT2D eigenvalue weighted by Gasteiger charge is -2.31. The van der Waals surface area contributed by atoms with Gasteiger partial charge in [0.25, 0.3) is 5.91 Å². The summed E-state index contributed by atoms with van der Waals surface area (Å²) in [5.41, 5.74) is 1.04. The molecule has 1 aromatic carbocycles. The molecule has 1 amide bonds. The van der Waals surface area contributed by atoms with Crippen molar-refractivity contribution in [2.45, 2.75) is 25.7 Å². The number of amides is 1. The maximum Gasteiger partial charge on any atom is 0.253 e. The molecule has 1 aliphatic rings. The first-order chi connectivity index (χ1) is 10.7. The van der Waals surface area contributed by atoms with Crippen LogP contribution in [0, 0.1) is 18.3 Å². The molecule has 0 saturated carbocycles. The molecule has 1 aromatic heterocycles. The molecule has 1 fully saturated rings. The number of nitrogens with zero attached hydrogens (tertiary/aromatic N) is 4. The second-order valence-corrected chi connectivity index (χ2v) is 5.46. The van der Waals surface area contributed by atoms with Crippen molar-refractivity contribution >= 4 is 5.91 Å². The van der Waals surface area contributed by atoms with Crippen molar-refractivity contribution in [1.29, 1.82) is 5.26 Å². The van der Waals surface area contributed by atoms with Gasteiger partial charge in [-0.3, -0.25) is 4.79 Å². The summed E-state index contributed by atoms with van der Waals surface area (Å²) < 4.78 is 5.23. The summed E-state index contributed by atoms with van der Waals surface area (Å²) in [5, 5.41) is 12.8. The second kappa shape index (κ2) is 5.98. The van der Waals surface area contributed by atoms with E-state index in [4.69, 9.17) is 9.78 Å². The van der Waals surface area contributed by atoms with E-state index in [-0.39, 0.29) is 11.8 Å². The number of carbonyl (C=O) groups excluding carboxylic acids is 1. The summed E-state index contributed by atoms with van der Waals surface area (Å²) >= 11 is 0. The van der Waals surface area contributed by atoms with Gasteiger partial charge in [0.15, 0.2) is 5.82 Å². The normalized spacial score (nSPS) is 18.0.